The molecule has 3 rings (SSSR count). The van der Waals surface area contributed by atoms with Gasteiger partial charge >= 0.3 is 6.36 Å². The minimum absolute atomic E-state index is 0.0595. The number of carbonyl (C=O) groups excluding carboxylic acids is 1. The third-order valence-corrected chi connectivity index (χ3v) is 4.67. The molecule has 1 amide bonds. The Labute approximate surface area is 175 Å². The van der Waals surface area contributed by atoms with Gasteiger partial charge in [-0.25, -0.2) is 0 Å². The number of ether oxygens (including phenoxy) is 1. The van der Waals surface area contributed by atoms with Crippen LogP contribution in [0.4, 0.5) is 13.2 Å². The maximum Gasteiger partial charge on any atom is 0.573 e. The van der Waals surface area contributed by atoms with Crippen molar-refractivity contribution in [2.24, 2.45) is 0 Å². The molecule has 1 N–H and O–H groups in total. The number of alkyl halides is 3. The Kier molecular flexibility index (Phi) is 6.25. The zero-order chi connectivity index (χ0) is 21.9. The zero-order valence-electron chi connectivity index (χ0n) is 16.2. The first-order valence-electron chi connectivity index (χ1n) is 8.94. The molecule has 0 fully saturated rings. The van der Waals surface area contributed by atoms with E-state index in [0.29, 0.717) is 5.82 Å². The van der Waals surface area contributed by atoms with Crippen molar-refractivity contribution < 1.29 is 22.7 Å². The van der Waals surface area contributed by atoms with Crippen LogP contribution in [0.25, 0.3) is 11.4 Å². The minimum Gasteiger partial charge on any atom is -0.405 e. The second-order valence-electron chi connectivity index (χ2n) is 6.71. The van der Waals surface area contributed by atoms with Crippen LogP contribution in [0.15, 0.2) is 48.5 Å². The van der Waals surface area contributed by atoms with Gasteiger partial charge in [-0.05, 0) is 31.3 Å². The summed E-state index contributed by atoms with van der Waals surface area (Å²) in [5.74, 6) is -0.181. The molecule has 0 aliphatic carbocycles. The fraction of sp³-hybridized carbons (Fsp3) is 0.250. The molecule has 6 nitrogen and oxygen atoms in total. The van der Waals surface area contributed by atoms with Gasteiger partial charge in [-0.3, -0.25) is 14.5 Å². The number of aryl methyl sites for hydroxylation is 1. The number of rotatable bonds is 6. The summed E-state index contributed by atoms with van der Waals surface area (Å²) >= 11 is 5.25. The first-order chi connectivity index (χ1) is 14.1. The topological polar surface area (TPSA) is 63.2 Å². The number of hydrogen-bond acceptors (Lipinski definition) is 4. The van der Waals surface area contributed by atoms with Crippen molar-refractivity contribution in [3.63, 3.8) is 0 Å². The maximum atomic E-state index is 12.8. The molecule has 0 atom stereocenters. The van der Waals surface area contributed by atoms with Gasteiger partial charge < -0.3 is 9.64 Å². The highest BCUT2D eigenvalue weighted by molar-refractivity contribution is 7.71. The third kappa shape index (κ3) is 5.26. The van der Waals surface area contributed by atoms with Gasteiger partial charge in [0.25, 0.3) is 0 Å². The number of benzene rings is 2. The van der Waals surface area contributed by atoms with Crippen molar-refractivity contribution in [3.8, 4) is 17.1 Å². The van der Waals surface area contributed by atoms with Gasteiger partial charge in [0.05, 0.1) is 0 Å². The molecule has 0 aliphatic rings. The smallest absolute Gasteiger partial charge is 0.405 e. The van der Waals surface area contributed by atoms with E-state index in [-0.39, 0.29) is 35.1 Å². The summed E-state index contributed by atoms with van der Waals surface area (Å²) in [4.78, 5) is 14.1. The summed E-state index contributed by atoms with van der Waals surface area (Å²) in [6.07, 6.45) is -4.81. The Hall–Kier alpha value is -3.14. The highest BCUT2D eigenvalue weighted by Crippen LogP contribution is 2.27. The maximum absolute atomic E-state index is 12.8. The van der Waals surface area contributed by atoms with Gasteiger partial charge in [0.1, 0.15) is 12.3 Å². The summed E-state index contributed by atoms with van der Waals surface area (Å²) in [7, 11) is 1.50. The van der Waals surface area contributed by atoms with E-state index in [1.165, 1.54) is 30.1 Å². The Balaban J connectivity index is 1.78. The summed E-state index contributed by atoms with van der Waals surface area (Å²) in [6, 6.07) is 13.3. The lowest BCUT2D eigenvalue weighted by molar-refractivity contribution is -0.275. The molecular formula is C20H19F3N4O2S. The van der Waals surface area contributed by atoms with Crippen LogP contribution in [0.1, 0.15) is 11.1 Å². The van der Waals surface area contributed by atoms with Crippen molar-refractivity contribution in [1.82, 2.24) is 19.7 Å². The standard InChI is InChI=1S/C20H19F3N4O2S/c1-13-6-5-8-14(10-13)18-24-25-19(30)27(18)12-17(28)26(2)11-15-7-3-4-9-16(15)29-20(21,22)23/h3-10H,11-12H2,1-2H3,(H,25,30). The molecule has 10 heteroatoms. The molecule has 30 heavy (non-hydrogen) atoms. The van der Waals surface area contributed by atoms with Crippen molar-refractivity contribution in [2.45, 2.75) is 26.4 Å². The highest BCUT2D eigenvalue weighted by Gasteiger charge is 2.32. The number of nitrogens with zero attached hydrogens (tertiary/aromatic N) is 3. The first-order valence-corrected chi connectivity index (χ1v) is 9.35. The number of likely N-dealkylation sites (N-methyl/N-ethyl adjacent to an activating group) is 1. The lowest BCUT2D eigenvalue weighted by Crippen LogP contribution is -2.30. The number of carbonyl (C=O) groups is 1. The van der Waals surface area contributed by atoms with E-state index in [1.807, 2.05) is 31.2 Å². The molecular weight excluding hydrogens is 417 g/mol. The largest absolute Gasteiger partial charge is 0.573 e. The van der Waals surface area contributed by atoms with Crippen molar-refractivity contribution in [1.29, 1.82) is 0 Å². The number of H-pyrrole nitrogens is 1. The Morgan fingerprint density at radius 3 is 2.67 bits per heavy atom. The minimum atomic E-state index is -4.81. The molecule has 2 aromatic carbocycles. The second-order valence-corrected chi connectivity index (χ2v) is 7.10. The normalized spacial score (nSPS) is 11.4. The molecule has 0 spiro atoms. The molecule has 0 saturated heterocycles. The lowest BCUT2D eigenvalue weighted by atomic mass is 10.1. The molecule has 1 aromatic heterocycles. The van der Waals surface area contributed by atoms with E-state index in [9.17, 15) is 18.0 Å². The van der Waals surface area contributed by atoms with Crippen LogP contribution >= 0.6 is 12.2 Å². The summed E-state index contributed by atoms with van der Waals surface area (Å²) in [5, 5.41) is 6.89. The first kappa shape index (κ1) is 21.6. The fourth-order valence-electron chi connectivity index (χ4n) is 2.93. The van der Waals surface area contributed by atoms with Gasteiger partial charge in [0.2, 0.25) is 5.91 Å². The van der Waals surface area contributed by atoms with E-state index in [4.69, 9.17) is 12.2 Å². The van der Waals surface area contributed by atoms with E-state index in [2.05, 4.69) is 14.9 Å². The predicted octanol–water partition coefficient (Wildman–Crippen LogP) is 4.47. The number of hydrogen-bond donors (Lipinski definition) is 1. The quantitative estimate of drug-likeness (QED) is 0.579. The zero-order valence-corrected chi connectivity index (χ0v) is 17.0. The average molecular weight is 436 g/mol. The van der Waals surface area contributed by atoms with Gasteiger partial charge in [0.15, 0.2) is 10.6 Å². The fourth-order valence-corrected chi connectivity index (χ4v) is 3.12. The van der Waals surface area contributed by atoms with Crippen molar-refractivity contribution in [2.75, 3.05) is 7.05 Å². The van der Waals surface area contributed by atoms with Gasteiger partial charge in [-0.15, -0.1) is 13.2 Å². The van der Waals surface area contributed by atoms with Crippen LogP contribution < -0.4 is 4.74 Å². The summed E-state index contributed by atoms with van der Waals surface area (Å²) < 4.78 is 43.7. The highest BCUT2D eigenvalue weighted by atomic mass is 32.1. The Morgan fingerprint density at radius 1 is 1.23 bits per heavy atom. The summed E-state index contributed by atoms with van der Waals surface area (Å²) in [5.41, 5.74) is 2.06. The van der Waals surface area contributed by atoms with Crippen LogP contribution in [0.5, 0.6) is 5.75 Å². The third-order valence-electron chi connectivity index (χ3n) is 4.36. The monoisotopic (exact) mass is 436 g/mol. The molecule has 0 bridgehead atoms. The predicted molar refractivity (Wildman–Crippen MR) is 107 cm³/mol. The van der Waals surface area contributed by atoms with Crippen LogP contribution in [0, 0.1) is 11.7 Å². The SMILES string of the molecule is Cc1cccc(-c2n[nH]c(=S)n2CC(=O)N(C)Cc2ccccc2OC(F)(F)F)c1. The second kappa shape index (κ2) is 8.70. The molecule has 0 saturated carbocycles. The average Bonchev–Trinajstić information content (AvgIpc) is 3.02. The number of amides is 1. The molecule has 0 aliphatic heterocycles. The Bertz CT molecular complexity index is 1110. The molecule has 0 radical (unpaired) electrons. The number of aromatic nitrogens is 3. The number of halogens is 3. The van der Waals surface area contributed by atoms with Crippen LogP contribution in [0.3, 0.4) is 0 Å². The van der Waals surface area contributed by atoms with Crippen molar-refractivity contribution in [3.05, 3.63) is 64.4 Å². The van der Waals surface area contributed by atoms with E-state index in [1.54, 1.807) is 10.6 Å². The summed E-state index contributed by atoms with van der Waals surface area (Å²) in [6.45, 7) is 1.77. The Morgan fingerprint density at radius 2 is 1.97 bits per heavy atom. The molecule has 1 heterocycles. The van der Waals surface area contributed by atoms with Gasteiger partial charge in [-0.1, -0.05) is 42.0 Å². The van der Waals surface area contributed by atoms with E-state index < -0.39 is 6.36 Å². The van der Waals surface area contributed by atoms with Crippen LogP contribution in [-0.4, -0.2) is 39.0 Å². The van der Waals surface area contributed by atoms with Crippen molar-refractivity contribution >= 4 is 18.1 Å². The van der Waals surface area contributed by atoms with Gasteiger partial charge in [0, 0.05) is 24.7 Å². The number of nitrogens with one attached hydrogen (secondary N) is 1. The van der Waals surface area contributed by atoms with Crippen LogP contribution in [-0.2, 0) is 17.9 Å². The molecule has 158 valence electrons. The van der Waals surface area contributed by atoms with Gasteiger partial charge in [-0.2, -0.15) is 5.10 Å². The van der Waals surface area contributed by atoms with Crippen LogP contribution in [0.2, 0.25) is 0 Å². The number of para-hydroxylation sites is 1. The lowest BCUT2D eigenvalue weighted by Gasteiger charge is -2.20. The number of aromatic amines is 1. The molecule has 3 aromatic rings. The molecule has 0 unspecified atom stereocenters. The van der Waals surface area contributed by atoms with E-state index in [0.717, 1.165) is 11.1 Å². The van der Waals surface area contributed by atoms with E-state index >= 15 is 0 Å².